The van der Waals surface area contributed by atoms with Crippen molar-refractivity contribution in [3.05, 3.63) is 29.3 Å². The third kappa shape index (κ3) is 2.90. The lowest BCUT2D eigenvalue weighted by Gasteiger charge is -2.21. The average molecular weight is 255 g/mol. The van der Waals surface area contributed by atoms with Gasteiger partial charge in [-0.3, -0.25) is 4.79 Å². The number of aliphatic hydroxyl groups excluding tert-OH is 1. The molecule has 1 aliphatic rings. The fourth-order valence-corrected chi connectivity index (χ4v) is 1.98. The fraction of sp³-hybridized carbons (Fsp3) is 0.417. The Balaban J connectivity index is 2.14. The Morgan fingerprint density at radius 1 is 1.53 bits per heavy atom. The lowest BCUT2D eigenvalue weighted by Crippen LogP contribution is -2.31. The molecular weight excluding hydrogens is 240 g/mol. The molecular formula is C12H15ClN2O2. The average Bonchev–Trinajstić information content (AvgIpc) is 2.35. The first kappa shape index (κ1) is 12.2. The topological polar surface area (TPSA) is 61.4 Å². The SMILES string of the molecule is O=C1Cc2c(cccc2NCC(O)CCl)CN1. The number of carbonyl (C=O) groups excluding carboxylic acids is 1. The summed E-state index contributed by atoms with van der Waals surface area (Å²) in [4.78, 5) is 11.4. The molecule has 1 aromatic rings. The third-order valence-corrected chi connectivity index (χ3v) is 3.15. The Bertz CT molecular complexity index is 423. The molecule has 1 amide bonds. The molecule has 0 bridgehead atoms. The Labute approximate surface area is 105 Å². The fourth-order valence-electron chi connectivity index (χ4n) is 1.87. The van der Waals surface area contributed by atoms with Gasteiger partial charge in [-0.25, -0.2) is 0 Å². The number of halogens is 1. The first-order valence-corrected chi connectivity index (χ1v) is 6.09. The number of hydrogen-bond acceptors (Lipinski definition) is 3. The monoisotopic (exact) mass is 254 g/mol. The number of anilines is 1. The summed E-state index contributed by atoms with van der Waals surface area (Å²) in [5, 5.41) is 15.3. The van der Waals surface area contributed by atoms with E-state index in [-0.39, 0.29) is 11.8 Å². The number of amides is 1. The molecule has 0 fully saturated rings. The van der Waals surface area contributed by atoms with Crippen LogP contribution in [0.15, 0.2) is 18.2 Å². The smallest absolute Gasteiger partial charge is 0.224 e. The van der Waals surface area contributed by atoms with E-state index >= 15 is 0 Å². The molecule has 0 radical (unpaired) electrons. The minimum absolute atomic E-state index is 0.0321. The molecule has 2 rings (SSSR count). The van der Waals surface area contributed by atoms with Gasteiger partial charge < -0.3 is 15.7 Å². The maximum atomic E-state index is 11.4. The van der Waals surface area contributed by atoms with E-state index in [4.69, 9.17) is 11.6 Å². The van der Waals surface area contributed by atoms with Gasteiger partial charge in [0.2, 0.25) is 5.91 Å². The Morgan fingerprint density at radius 2 is 2.35 bits per heavy atom. The van der Waals surface area contributed by atoms with Gasteiger partial charge in [0.25, 0.3) is 0 Å². The van der Waals surface area contributed by atoms with E-state index in [0.717, 1.165) is 16.8 Å². The highest BCUT2D eigenvalue weighted by atomic mass is 35.5. The molecule has 1 aliphatic heterocycles. The van der Waals surface area contributed by atoms with Crippen LogP contribution < -0.4 is 10.6 Å². The third-order valence-electron chi connectivity index (χ3n) is 2.79. The van der Waals surface area contributed by atoms with E-state index in [9.17, 15) is 9.90 Å². The zero-order valence-corrected chi connectivity index (χ0v) is 10.1. The molecule has 0 aromatic heterocycles. The maximum absolute atomic E-state index is 11.4. The van der Waals surface area contributed by atoms with E-state index < -0.39 is 6.10 Å². The second kappa shape index (κ2) is 5.38. The summed E-state index contributed by atoms with van der Waals surface area (Å²) in [6.45, 7) is 0.962. The summed E-state index contributed by atoms with van der Waals surface area (Å²) in [6.07, 6.45) is -0.194. The first-order chi connectivity index (χ1) is 8.20. The summed E-state index contributed by atoms with van der Waals surface area (Å²) >= 11 is 5.53. The molecule has 1 heterocycles. The lowest BCUT2D eigenvalue weighted by molar-refractivity contribution is -0.121. The predicted octanol–water partition coefficient (Wildman–Crippen LogP) is 0.871. The molecule has 0 saturated carbocycles. The van der Waals surface area contributed by atoms with Crippen LogP contribution in [-0.2, 0) is 17.8 Å². The number of benzene rings is 1. The van der Waals surface area contributed by atoms with Gasteiger partial charge in [-0.05, 0) is 17.2 Å². The normalized spacial score (nSPS) is 16.0. The van der Waals surface area contributed by atoms with E-state index in [1.807, 2.05) is 18.2 Å². The quantitative estimate of drug-likeness (QED) is 0.699. The standard InChI is InChI=1S/C12H15ClN2O2/c13-5-9(16)7-14-11-3-1-2-8-6-15-12(17)4-10(8)11/h1-3,9,14,16H,4-7H2,(H,15,17). The van der Waals surface area contributed by atoms with Gasteiger partial charge in [-0.2, -0.15) is 0 Å². The molecule has 17 heavy (non-hydrogen) atoms. The van der Waals surface area contributed by atoms with Crippen LogP contribution in [0, 0.1) is 0 Å². The number of aliphatic hydroxyl groups is 1. The van der Waals surface area contributed by atoms with E-state index in [1.54, 1.807) is 0 Å². The van der Waals surface area contributed by atoms with Gasteiger partial charge in [0.1, 0.15) is 0 Å². The van der Waals surface area contributed by atoms with Crippen molar-refractivity contribution in [2.24, 2.45) is 0 Å². The minimum Gasteiger partial charge on any atom is -0.390 e. The van der Waals surface area contributed by atoms with Crippen LogP contribution in [0.2, 0.25) is 0 Å². The van der Waals surface area contributed by atoms with Crippen LogP contribution >= 0.6 is 11.6 Å². The van der Waals surface area contributed by atoms with Crippen molar-refractivity contribution in [3.63, 3.8) is 0 Å². The summed E-state index contributed by atoms with van der Waals surface area (Å²) in [5.41, 5.74) is 3.04. The summed E-state index contributed by atoms with van der Waals surface area (Å²) in [6, 6.07) is 5.85. The van der Waals surface area contributed by atoms with Crippen molar-refractivity contribution >= 4 is 23.2 Å². The lowest BCUT2D eigenvalue weighted by atomic mass is 9.98. The van der Waals surface area contributed by atoms with Gasteiger partial charge in [0.15, 0.2) is 0 Å². The van der Waals surface area contributed by atoms with Crippen LogP contribution in [-0.4, -0.2) is 29.5 Å². The Hall–Kier alpha value is -1.26. The van der Waals surface area contributed by atoms with Crippen molar-refractivity contribution in [1.29, 1.82) is 0 Å². The molecule has 0 spiro atoms. The van der Waals surface area contributed by atoms with Gasteiger partial charge in [0, 0.05) is 18.8 Å². The van der Waals surface area contributed by atoms with Crippen LogP contribution in [0.3, 0.4) is 0 Å². The highest BCUT2D eigenvalue weighted by molar-refractivity contribution is 6.18. The number of rotatable bonds is 4. The molecule has 4 nitrogen and oxygen atoms in total. The van der Waals surface area contributed by atoms with Crippen LogP contribution in [0.25, 0.3) is 0 Å². The van der Waals surface area contributed by atoms with Crippen LogP contribution in [0.4, 0.5) is 5.69 Å². The molecule has 92 valence electrons. The highest BCUT2D eigenvalue weighted by Crippen LogP contribution is 2.23. The first-order valence-electron chi connectivity index (χ1n) is 5.56. The van der Waals surface area contributed by atoms with Gasteiger partial charge in [-0.1, -0.05) is 12.1 Å². The molecule has 5 heteroatoms. The van der Waals surface area contributed by atoms with E-state index in [1.165, 1.54) is 0 Å². The zero-order valence-electron chi connectivity index (χ0n) is 9.37. The van der Waals surface area contributed by atoms with E-state index in [2.05, 4.69) is 10.6 Å². The molecule has 1 unspecified atom stereocenters. The van der Waals surface area contributed by atoms with Crippen molar-refractivity contribution in [2.45, 2.75) is 19.1 Å². The zero-order chi connectivity index (χ0) is 12.3. The summed E-state index contributed by atoms with van der Waals surface area (Å²) in [7, 11) is 0. The predicted molar refractivity (Wildman–Crippen MR) is 67.2 cm³/mol. The number of alkyl halides is 1. The van der Waals surface area contributed by atoms with Crippen LogP contribution in [0.5, 0.6) is 0 Å². The van der Waals surface area contributed by atoms with E-state index in [0.29, 0.717) is 19.5 Å². The summed E-state index contributed by atoms with van der Waals surface area (Å²) < 4.78 is 0. The molecule has 1 atom stereocenters. The van der Waals surface area contributed by atoms with Crippen molar-refractivity contribution in [3.8, 4) is 0 Å². The minimum atomic E-state index is -0.579. The molecule has 1 aromatic carbocycles. The highest BCUT2D eigenvalue weighted by Gasteiger charge is 2.17. The number of carbonyl (C=O) groups is 1. The largest absolute Gasteiger partial charge is 0.390 e. The summed E-state index contributed by atoms with van der Waals surface area (Å²) in [5.74, 6) is 0.229. The van der Waals surface area contributed by atoms with Crippen LogP contribution in [0.1, 0.15) is 11.1 Å². The molecule has 0 aliphatic carbocycles. The number of fused-ring (bicyclic) bond motifs is 1. The Morgan fingerprint density at radius 3 is 3.12 bits per heavy atom. The van der Waals surface area contributed by atoms with Gasteiger partial charge >= 0.3 is 0 Å². The van der Waals surface area contributed by atoms with Crippen molar-refractivity contribution < 1.29 is 9.90 Å². The van der Waals surface area contributed by atoms with Crippen molar-refractivity contribution in [1.82, 2.24) is 5.32 Å². The molecule has 3 N–H and O–H groups in total. The maximum Gasteiger partial charge on any atom is 0.224 e. The second-order valence-electron chi connectivity index (χ2n) is 4.09. The Kier molecular flexibility index (Phi) is 3.86. The number of nitrogens with one attached hydrogen (secondary N) is 2. The van der Waals surface area contributed by atoms with Crippen molar-refractivity contribution in [2.75, 3.05) is 17.7 Å². The number of hydrogen-bond donors (Lipinski definition) is 3. The second-order valence-corrected chi connectivity index (χ2v) is 4.39. The molecule has 0 saturated heterocycles. The van der Waals surface area contributed by atoms with Gasteiger partial charge in [-0.15, -0.1) is 11.6 Å². The van der Waals surface area contributed by atoms with Gasteiger partial charge in [0.05, 0.1) is 18.4 Å².